The monoisotopic (exact) mass is 358 g/mol. The van der Waals surface area contributed by atoms with E-state index in [4.69, 9.17) is 0 Å². The van der Waals surface area contributed by atoms with E-state index in [1.54, 1.807) is 0 Å². The van der Waals surface area contributed by atoms with Gasteiger partial charge in [-0.05, 0) is 17.8 Å². The first-order chi connectivity index (χ1) is 10.4. The molecule has 0 aromatic rings. The Balaban J connectivity index is 2.93. The van der Waals surface area contributed by atoms with Crippen molar-refractivity contribution in [3.8, 4) is 0 Å². The van der Waals surface area contributed by atoms with E-state index in [0.29, 0.717) is 0 Å². The molecule has 0 aromatic carbocycles. The Kier molecular flexibility index (Phi) is 20.4. The number of hydrogen-bond donors (Lipinski definition) is 0. The summed E-state index contributed by atoms with van der Waals surface area (Å²) in [4.78, 5) is 1.98. The van der Waals surface area contributed by atoms with Crippen molar-refractivity contribution in [3.63, 3.8) is 0 Å². The molecule has 0 aliphatic rings. The van der Waals surface area contributed by atoms with Crippen LogP contribution in [0.4, 0.5) is 0 Å². The molecule has 0 fully saturated rings. The fourth-order valence-corrected chi connectivity index (χ4v) is 3.14. The number of allylic oxidation sites excluding steroid dienone is 1. The molecule has 0 saturated carbocycles. The van der Waals surface area contributed by atoms with Crippen LogP contribution in [0, 0.1) is 0 Å². The van der Waals surface area contributed by atoms with Crippen LogP contribution in [0.5, 0.6) is 0 Å². The van der Waals surface area contributed by atoms with Crippen LogP contribution in [0.25, 0.3) is 0 Å². The molecule has 0 N–H and O–H groups in total. The predicted molar refractivity (Wildman–Crippen MR) is 102 cm³/mol. The van der Waals surface area contributed by atoms with Gasteiger partial charge in [0.25, 0.3) is 0 Å². The molecule has 0 rings (SSSR count). The highest BCUT2D eigenvalue weighted by atomic mass is 79.9. The van der Waals surface area contributed by atoms with E-state index in [9.17, 15) is 0 Å². The highest BCUT2D eigenvalue weighted by molar-refractivity contribution is 9.11. The lowest BCUT2D eigenvalue weighted by molar-refractivity contribution is 0.530. The Morgan fingerprint density at radius 3 is 1.19 bits per heavy atom. The van der Waals surface area contributed by atoms with E-state index in [2.05, 4.69) is 28.9 Å². The maximum Gasteiger partial charge on any atom is -0.0229 e. The highest BCUT2D eigenvalue weighted by Gasteiger charge is 1.94. The van der Waals surface area contributed by atoms with E-state index in [0.717, 1.165) is 0 Å². The summed E-state index contributed by atoms with van der Waals surface area (Å²) in [5.74, 6) is 0. The highest BCUT2D eigenvalue weighted by Crippen LogP contribution is 2.14. The van der Waals surface area contributed by atoms with Crippen molar-refractivity contribution < 1.29 is 0 Å². The Morgan fingerprint density at radius 2 is 0.857 bits per heavy atom. The lowest BCUT2D eigenvalue weighted by Crippen LogP contribution is -1.83. The minimum atomic E-state index is 1.24. The molecule has 0 aliphatic carbocycles. The molecule has 1 heteroatoms. The topological polar surface area (TPSA) is 0 Å². The molecule has 0 heterocycles. The van der Waals surface area contributed by atoms with Crippen molar-refractivity contribution in [2.24, 2.45) is 0 Å². The van der Waals surface area contributed by atoms with Gasteiger partial charge >= 0.3 is 0 Å². The molecule has 0 radical (unpaired) electrons. The summed E-state index contributed by atoms with van der Waals surface area (Å²) in [5.41, 5.74) is 0. The van der Waals surface area contributed by atoms with Crippen LogP contribution in [0.2, 0.25) is 0 Å². The normalized spacial score (nSPS) is 11.5. The SMILES string of the molecule is CCCCCCCCCCCCCCCCCC/C=C/Br. The maximum absolute atomic E-state index is 3.32. The first-order valence-electron chi connectivity index (χ1n) is 9.67. The molecule has 0 unspecified atom stereocenters. The van der Waals surface area contributed by atoms with Gasteiger partial charge in [-0.3, -0.25) is 0 Å². The van der Waals surface area contributed by atoms with Crippen LogP contribution in [-0.2, 0) is 0 Å². The predicted octanol–water partition coefficient (Wildman–Crippen LogP) is 8.55. The van der Waals surface area contributed by atoms with Crippen LogP contribution in [0.15, 0.2) is 11.1 Å². The third-order valence-corrected chi connectivity index (χ3v) is 4.69. The van der Waals surface area contributed by atoms with Gasteiger partial charge in [0.05, 0.1) is 0 Å². The number of halogens is 1. The zero-order chi connectivity index (χ0) is 15.4. The Bertz CT molecular complexity index is 198. The smallest absolute Gasteiger partial charge is 0.0229 e. The Labute approximate surface area is 143 Å². The third kappa shape index (κ3) is 20.2. The van der Waals surface area contributed by atoms with Gasteiger partial charge in [-0.15, -0.1) is 0 Å². The second kappa shape index (κ2) is 20.2. The van der Waals surface area contributed by atoms with E-state index in [1.807, 2.05) is 4.99 Å². The molecule has 0 aromatic heterocycles. The molecule has 0 saturated heterocycles. The molecule has 0 spiro atoms. The number of hydrogen-bond acceptors (Lipinski definition) is 0. The van der Waals surface area contributed by atoms with Crippen molar-refractivity contribution in [2.75, 3.05) is 0 Å². The number of rotatable bonds is 17. The second-order valence-corrected chi connectivity index (χ2v) is 6.98. The van der Waals surface area contributed by atoms with Crippen molar-refractivity contribution >= 4 is 15.9 Å². The summed E-state index contributed by atoms with van der Waals surface area (Å²) >= 11 is 3.32. The summed E-state index contributed by atoms with van der Waals surface area (Å²) < 4.78 is 0. The minimum absolute atomic E-state index is 1.24. The van der Waals surface area contributed by atoms with Gasteiger partial charge in [-0.25, -0.2) is 0 Å². The van der Waals surface area contributed by atoms with Crippen LogP contribution in [0.1, 0.15) is 116 Å². The molecular formula is C20H39Br. The zero-order valence-corrected chi connectivity index (χ0v) is 16.1. The minimum Gasteiger partial charge on any atom is -0.0776 e. The second-order valence-electron chi connectivity index (χ2n) is 6.45. The third-order valence-electron chi connectivity index (χ3n) is 4.31. The Hall–Kier alpha value is 0.220. The van der Waals surface area contributed by atoms with Gasteiger partial charge in [-0.2, -0.15) is 0 Å². The molecule has 0 nitrogen and oxygen atoms in total. The molecule has 0 atom stereocenters. The van der Waals surface area contributed by atoms with Gasteiger partial charge < -0.3 is 0 Å². The molecule has 0 aliphatic heterocycles. The van der Waals surface area contributed by atoms with Crippen LogP contribution >= 0.6 is 15.9 Å². The molecule has 0 bridgehead atoms. The van der Waals surface area contributed by atoms with Crippen molar-refractivity contribution in [3.05, 3.63) is 11.1 Å². The number of unbranched alkanes of at least 4 members (excludes halogenated alkanes) is 16. The summed E-state index contributed by atoms with van der Waals surface area (Å²) in [6.07, 6.45) is 26.7. The Morgan fingerprint density at radius 1 is 0.524 bits per heavy atom. The fraction of sp³-hybridized carbons (Fsp3) is 0.900. The van der Waals surface area contributed by atoms with Gasteiger partial charge in [0.2, 0.25) is 0 Å². The van der Waals surface area contributed by atoms with Gasteiger partial charge in [0, 0.05) is 0 Å². The molecular weight excluding hydrogens is 320 g/mol. The van der Waals surface area contributed by atoms with Gasteiger partial charge in [-0.1, -0.05) is 125 Å². The lowest BCUT2D eigenvalue weighted by Gasteiger charge is -2.03. The molecule has 21 heavy (non-hydrogen) atoms. The van der Waals surface area contributed by atoms with E-state index in [-0.39, 0.29) is 0 Å². The summed E-state index contributed by atoms with van der Waals surface area (Å²) in [6, 6.07) is 0. The quantitative estimate of drug-likeness (QED) is 0.228. The van der Waals surface area contributed by atoms with E-state index < -0.39 is 0 Å². The summed E-state index contributed by atoms with van der Waals surface area (Å²) in [7, 11) is 0. The fourth-order valence-electron chi connectivity index (χ4n) is 2.87. The lowest BCUT2D eigenvalue weighted by atomic mass is 10.0. The van der Waals surface area contributed by atoms with Crippen molar-refractivity contribution in [1.82, 2.24) is 0 Å². The average Bonchev–Trinajstić information content (AvgIpc) is 2.50. The van der Waals surface area contributed by atoms with Crippen LogP contribution in [0.3, 0.4) is 0 Å². The van der Waals surface area contributed by atoms with Crippen LogP contribution in [-0.4, -0.2) is 0 Å². The van der Waals surface area contributed by atoms with Gasteiger partial charge in [0.1, 0.15) is 0 Å². The summed E-state index contributed by atoms with van der Waals surface area (Å²) in [5, 5.41) is 0. The summed E-state index contributed by atoms with van der Waals surface area (Å²) in [6.45, 7) is 2.29. The van der Waals surface area contributed by atoms with Crippen molar-refractivity contribution in [1.29, 1.82) is 0 Å². The maximum atomic E-state index is 3.32. The first kappa shape index (κ1) is 21.2. The largest absolute Gasteiger partial charge is 0.0776 e. The zero-order valence-electron chi connectivity index (χ0n) is 14.6. The van der Waals surface area contributed by atoms with Gasteiger partial charge in [0.15, 0.2) is 0 Å². The van der Waals surface area contributed by atoms with E-state index >= 15 is 0 Å². The molecule has 0 amide bonds. The molecule has 126 valence electrons. The van der Waals surface area contributed by atoms with E-state index in [1.165, 1.54) is 109 Å². The van der Waals surface area contributed by atoms with Crippen LogP contribution < -0.4 is 0 Å². The average molecular weight is 359 g/mol. The standard InChI is InChI=1S/C20H39Br/c1-2-3-4-5-6-7-8-9-10-11-12-13-14-15-16-17-18-19-20-21/h19-20H,2-18H2,1H3/b20-19+. The van der Waals surface area contributed by atoms with Crippen molar-refractivity contribution in [2.45, 2.75) is 116 Å². The first-order valence-corrected chi connectivity index (χ1v) is 10.6.